The van der Waals surface area contributed by atoms with E-state index in [9.17, 15) is 4.79 Å². The number of hydrogen-bond acceptors (Lipinski definition) is 4. The number of hydrogen-bond donors (Lipinski definition) is 0. The summed E-state index contributed by atoms with van der Waals surface area (Å²) < 4.78 is 18.4. The Hall–Kier alpha value is -1.04. The van der Waals surface area contributed by atoms with Crippen molar-refractivity contribution in [1.82, 2.24) is 0 Å². The molecule has 1 aromatic carbocycles. The highest BCUT2D eigenvalue weighted by Gasteiger charge is 2.68. The number of halogens is 1. The minimum Gasteiger partial charge on any atom is -0.456 e. The van der Waals surface area contributed by atoms with Crippen LogP contribution in [0.1, 0.15) is 75.9 Å². The average Bonchev–Trinajstić information content (AvgIpc) is 2.99. The first kappa shape index (κ1) is 22.2. The van der Waals surface area contributed by atoms with Crippen LogP contribution in [0.3, 0.4) is 0 Å². The van der Waals surface area contributed by atoms with Crippen LogP contribution in [0.25, 0.3) is 0 Å². The maximum absolute atomic E-state index is 12.6. The standard InChI is InChI=1S/C24H34BClO4/c1-14-15(9-8-10-17(14)21(27)28-22(2,3)4)11-20(26)25-29-19-13-16-12-18(23(16,5)6)24(19,7)30-25/h8-10,16,18-20H,11-13H2,1-7H3/t16-,18-,19+,20+,24-/m0/s1. The summed E-state index contributed by atoms with van der Waals surface area (Å²) in [6, 6.07) is 5.71. The fourth-order valence-electron chi connectivity index (χ4n) is 5.82. The topological polar surface area (TPSA) is 44.8 Å². The van der Waals surface area contributed by atoms with Crippen LogP contribution < -0.4 is 0 Å². The van der Waals surface area contributed by atoms with Gasteiger partial charge in [0.25, 0.3) is 0 Å². The Morgan fingerprint density at radius 3 is 2.63 bits per heavy atom. The molecule has 2 bridgehead atoms. The summed E-state index contributed by atoms with van der Waals surface area (Å²) in [5, 5.41) is -0.319. The summed E-state index contributed by atoms with van der Waals surface area (Å²) >= 11 is 6.83. The van der Waals surface area contributed by atoms with Crippen molar-refractivity contribution < 1.29 is 18.8 Å². The molecule has 1 aliphatic heterocycles. The summed E-state index contributed by atoms with van der Waals surface area (Å²) in [7, 11) is -0.429. The van der Waals surface area contributed by atoms with Crippen molar-refractivity contribution in [3.8, 4) is 0 Å². The number of ether oxygens (including phenoxy) is 1. The van der Waals surface area contributed by atoms with Crippen LogP contribution in [-0.4, -0.2) is 35.7 Å². The minimum absolute atomic E-state index is 0.120. The van der Waals surface area contributed by atoms with E-state index in [0.29, 0.717) is 29.2 Å². The molecule has 0 aromatic heterocycles. The number of alkyl halides is 1. The molecule has 4 nitrogen and oxygen atoms in total. The van der Waals surface area contributed by atoms with Crippen LogP contribution in [0.15, 0.2) is 18.2 Å². The molecule has 0 unspecified atom stereocenters. The van der Waals surface area contributed by atoms with Crippen LogP contribution in [0.4, 0.5) is 0 Å². The van der Waals surface area contributed by atoms with E-state index in [1.807, 2.05) is 45.9 Å². The van der Waals surface area contributed by atoms with E-state index >= 15 is 0 Å². The fraction of sp³-hybridized carbons (Fsp3) is 0.708. The van der Waals surface area contributed by atoms with E-state index in [1.165, 1.54) is 6.42 Å². The van der Waals surface area contributed by atoms with E-state index in [4.69, 9.17) is 25.6 Å². The molecule has 1 heterocycles. The second kappa shape index (κ2) is 7.25. The largest absolute Gasteiger partial charge is 0.477 e. The molecule has 5 rings (SSSR count). The van der Waals surface area contributed by atoms with Crippen molar-refractivity contribution >= 4 is 24.7 Å². The van der Waals surface area contributed by atoms with Gasteiger partial charge in [0.05, 0.1) is 22.5 Å². The first-order chi connectivity index (χ1) is 13.8. The third kappa shape index (κ3) is 3.61. The van der Waals surface area contributed by atoms with Crippen LogP contribution >= 0.6 is 11.6 Å². The van der Waals surface area contributed by atoms with Gasteiger partial charge >= 0.3 is 13.1 Å². The SMILES string of the molecule is Cc1c(C[C@@H](Cl)B2O[C@@H]3C[C@@H]4C[C@@H](C4(C)C)[C@]3(C)O2)cccc1C(=O)OC(C)(C)C. The van der Waals surface area contributed by atoms with Crippen molar-refractivity contribution in [2.75, 3.05) is 0 Å². The normalized spacial score (nSPS) is 32.9. The average molecular weight is 433 g/mol. The van der Waals surface area contributed by atoms with Crippen molar-refractivity contribution in [3.63, 3.8) is 0 Å². The van der Waals surface area contributed by atoms with Gasteiger partial charge in [0.2, 0.25) is 0 Å². The Kier molecular flexibility index (Phi) is 5.36. The van der Waals surface area contributed by atoms with Crippen LogP contribution in [-0.2, 0) is 20.5 Å². The third-order valence-electron chi connectivity index (χ3n) is 7.74. The summed E-state index contributed by atoms with van der Waals surface area (Å²) in [4.78, 5) is 12.6. The number of carbonyl (C=O) groups is 1. The lowest BCUT2D eigenvalue weighted by Crippen LogP contribution is -2.65. The number of esters is 1. The minimum atomic E-state index is -0.528. The van der Waals surface area contributed by atoms with Gasteiger partial charge in [0.15, 0.2) is 0 Å². The zero-order valence-corrected chi connectivity index (χ0v) is 20.0. The summed E-state index contributed by atoms with van der Waals surface area (Å²) in [6.07, 6.45) is 2.97. The van der Waals surface area contributed by atoms with Gasteiger partial charge < -0.3 is 14.0 Å². The van der Waals surface area contributed by atoms with Gasteiger partial charge in [0, 0.05) is 0 Å². The molecule has 3 saturated carbocycles. The molecular formula is C24H34BClO4. The van der Waals surface area contributed by atoms with Crippen LogP contribution in [0.2, 0.25) is 0 Å². The highest BCUT2D eigenvalue weighted by molar-refractivity contribution is 6.60. The van der Waals surface area contributed by atoms with Gasteiger partial charge in [-0.25, -0.2) is 4.79 Å². The molecule has 0 N–H and O–H groups in total. The molecule has 0 radical (unpaired) electrons. The van der Waals surface area contributed by atoms with Crippen molar-refractivity contribution in [2.45, 2.75) is 90.3 Å². The van der Waals surface area contributed by atoms with Gasteiger partial charge in [0.1, 0.15) is 5.60 Å². The summed E-state index contributed by atoms with van der Waals surface area (Å²) in [5.41, 5.74) is 2.04. The Bertz CT molecular complexity index is 848. The second-order valence-electron chi connectivity index (χ2n) is 11.1. The third-order valence-corrected chi connectivity index (χ3v) is 8.10. The molecule has 30 heavy (non-hydrogen) atoms. The molecule has 5 atom stereocenters. The van der Waals surface area contributed by atoms with E-state index in [0.717, 1.165) is 17.5 Å². The predicted octanol–water partition coefficient (Wildman–Crippen LogP) is 5.37. The number of carbonyl (C=O) groups excluding carboxylic acids is 1. The van der Waals surface area contributed by atoms with Gasteiger partial charge in [-0.1, -0.05) is 26.0 Å². The molecule has 4 fully saturated rings. The highest BCUT2D eigenvalue weighted by Crippen LogP contribution is 2.65. The Morgan fingerprint density at radius 1 is 1.30 bits per heavy atom. The smallest absolute Gasteiger partial charge is 0.456 e. The maximum Gasteiger partial charge on any atom is 0.477 e. The molecule has 1 saturated heterocycles. The summed E-state index contributed by atoms with van der Waals surface area (Å²) in [5.74, 6) is 0.922. The predicted molar refractivity (Wildman–Crippen MR) is 120 cm³/mol. The second-order valence-corrected chi connectivity index (χ2v) is 11.7. The molecule has 1 aromatic rings. The molecule has 3 aliphatic carbocycles. The van der Waals surface area contributed by atoms with Gasteiger partial charge in [-0.15, -0.1) is 11.6 Å². The Balaban J connectivity index is 1.47. The lowest BCUT2D eigenvalue weighted by atomic mass is 9.43. The van der Waals surface area contributed by atoms with Crippen LogP contribution in [0, 0.1) is 24.2 Å². The first-order valence-electron chi connectivity index (χ1n) is 11.1. The maximum atomic E-state index is 12.6. The lowest BCUT2D eigenvalue weighted by molar-refractivity contribution is -0.199. The Labute approximate surface area is 186 Å². The Morgan fingerprint density at radius 2 is 2.00 bits per heavy atom. The molecule has 0 amide bonds. The van der Waals surface area contributed by atoms with Crippen molar-refractivity contribution in [1.29, 1.82) is 0 Å². The van der Waals surface area contributed by atoms with Gasteiger partial charge in [-0.05, 0) is 88.3 Å². The van der Waals surface area contributed by atoms with Crippen molar-refractivity contribution in [2.24, 2.45) is 17.3 Å². The zero-order chi connectivity index (χ0) is 22.1. The fourth-order valence-corrected chi connectivity index (χ4v) is 6.10. The number of benzene rings is 1. The summed E-state index contributed by atoms with van der Waals surface area (Å²) in [6.45, 7) is 14.5. The molecular weight excluding hydrogens is 399 g/mol. The van der Waals surface area contributed by atoms with E-state index in [-0.39, 0.29) is 23.0 Å². The van der Waals surface area contributed by atoms with Gasteiger partial charge in [-0.3, -0.25) is 0 Å². The highest BCUT2D eigenvalue weighted by atomic mass is 35.5. The molecule has 4 aliphatic rings. The van der Waals surface area contributed by atoms with Gasteiger partial charge in [-0.2, -0.15) is 0 Å². The monoisotopic (exact) mass is 432 g/mol. The molecule has 164 valence electrons. The van der Waals surface area contributed by atoms with Crippen molar-refractivity contribution in [3.05, 3.63) is 34.9 Å². The quantitative estimate of drug-likeness (QED) is 0.364. The molecule has 6 heteroatoms. The first-order valence-corrected chi connectivity index (χ1v) is 11.6. The number of rotatable bonds is 4. The van der Waals surface area contributed by atoms with E-state index in [1.54, 1.807) is 0 Å². The van der Waals surface area contributed by atoms with Crippen LogP contribution in [0.5, 0.6) is 0 Å². The van der Waals surface area contributed by atoms with E-state index in [2.05, 4.69) is 20.8 Å². The zero-order valence-electron chi connectivity index (χ0n) is 19.3. The van der Waals surface area contributed by atoms with E-state index < -0.39 is 12.7 Å². The molecule has 0 spiro atoms. The lowest BCUT2D eigenvalue weighted by Gasteiger charge is -2.64.